The van der Waals surface area contributed by atoms with Crippen molar-refractivity contribution in [3.8, 4) is 0 Å². The third kappa shape index (κ3) is 4.10. The maximum Gasteiger partial charge on any atom is 0.106 e. The van der Waals surface area contributed by atoms with Crippen LogP contribution in [0, 0.1) is 40.4 Å². The van der Waals surface area contributed by atoms with Crippen LogP contribution in [0.4, 0.5) is 0 Å². The van der Waals surface area contributed by atoms with E-state index in [1.807, 2.05) is 0 Å². The molecule has 1 aliphatic heterocycles. The lowest BCUT2D eigenvalue weighted by Gasteiger charge is -2.46. The van der Waals surface area contributed by atoms with E-state index in [9.17, 15) is 0 Å². The third-order valence-electron chi connectivity index (χ3n) is 10.0. The standard InChI is InChI=1S/C29H50O/c1-9-13-15-20(5)24(14-10-2)28(7)18-16-25-22(19-21(28)6)26-27(30-26)23(12-4)29(25,8)17-11-3/h9,12,20-22,24-27H,1,10-11,13-19H2,2-8H3/b23-12-. The highest BCUT2D eigenvalue weighted by Crippen LogP contribution is 2.64. The first-order chi connectivity index (χ1) is 14.3. The Balaban J connectivity index is 1.91. The zero-order valence-corrected chi connectivity index (χ0v) is 21.2. The molecule has 9 atom stereocenters. The Morgan fingerprint density at radius 3 is 2.53 bits per heavy atom. The molecule has 0 radical (unpaired) electrons. The first-order valence-electron chi connectivity index (χ1n) is 13.2. The molecule has 9 unspecified atom stereocenters. The fourth-order valence-electron chi connectivity index (χ4n) is 8.21. The molecule has 0 amide bonds. The van der Waals surface area contributed by atoms with Crippen LogP contribution in [0.25, 0.3) is 0 Å². The van der Waals surface area contributed by atoms with Crippen LogP contribution in [0.5, 0.6) is 0 Å². The number of hydrogen-bond donors (Lipinski definition) is 0. The van der Waals surface area contributed by atoms with Crippen molar-refractivity contribution in [1.29, 1.82) is 0 Å². The molecule has 0 aromatic heterocycles. The van der Waals surface area contributed by atoms with Crippen LogP contribution in [0.3, 0.4) is 0 Å². The molecule has 3 rings (SSSR count). The molecular weight excluding hydrogens is 364 g/mol. The number of allylic oxidation sites excluding steroid dienone is 2. The van der Waals surface area contributed by atoms with Gasteiger partial charge in [0.05, 0.1) is 6.10 Å². The largest absolute Gasteiger partial charge is 0.365 e. The lowest BCUT2D eigenvalue weighted by Crippen LogP contribution is -2.43. The zero-order valence-electron chi connectivity index (χ0n) is 21.2. The van der Waals surface area contributed by atoms with Crippen molar-refractivity contribution in [3.63, 3.8) is 0 Å². The minimum Gasteiger partial charge on any atom is -0.365 e. The van der Waals surface area contributed by atoms with Crippen LogP contribution in [0.2, 0.25) is 0 Å². The van der Waals surface area contributed by atoms with Crippen LogP contribution in [-0.2, 0) is 4.74 Å². The Labute approximate surface area is 188 Å². The Hall–Kier alpha value is -0.560. The Kier molecular flexibility index (Phi) is 7.64. The summed E-state index contributed by atoms with van der Waals surface area (Å²) in [6, 6.07) is 0. The van der Waals surface area contributed by atoms with Crippen molar-refractivity contribution < 1.29 is 4.74 Å². The number of epoxide rings is 1. The molecule has 1 heteroatoms. The Morgan fingerprint density at radius 2 is 1.93 bits per heavy atom. The van der Waals surface area contributed by atoms with E-state index in [0.717, 1.165) is 36.0 Å². The van der Waals surface area contributed by atoms with E-state index in [2.05, 4.69) is 67.2 Å². The fourth-order valence-corrected chi connectivity index (χ4v) is 8.21. The van der Waals surface area contributed by atoms with Crippen molar-refractivity contribution in [2.45, 2.75) is 118 Å². The molecule has 3 aliphatic rings. The second-order valence-corrected chi connectivity index (χ2v) is 11.6. The highest BCUT2D eigenvalue weighted by Gasteiger charge is 2.63. The van der Waals surface area contributed by atoms with Gasteiger partial charge >= 0.3 is 0 Å². The topological polar surface area (TPSA) is 12.5 Å². The maximum atomic E-state index is 6.39. The highest BCUT2D eigenvalue weighted by atomic mass is 16.6. The molecule has 3 fully saturated rings. The second kappa shape index (κ2) is 9.51. The molecule has 0 N–H and O–H groups in total. The van der Waals surface area contributed by atoms with Crippen LogP contribution in [0.1, 0.15) is 106 Å². The van der Waals surface area contributed by atoms with E-state index < -0.39 is 0 Å². The van der Waals surface area contributed by atoms with Crippen molar-refractivity contribution >= 4 is 0 Å². The summed E-state index contributed by atoms with van der Waals surface area (Å²) in [5, 5.41) is 0. The van der Waals surface area contributed by atoms with E-state index in [1.165, 1.54) is 51.4 Å². The van der Waals surface area contributed by atoms with E-state index in [4.69, 9.17) is 4.74 Å². The van der Waals surface area contributed by atoms with Gasteiger partial charge < -0.3 is 4.74 Å². The van der Waals surface area contributed by atoms with Gasteiger partial charge in [0.1, 0.15) is 6.10 Å². The van der Waals surface area contributed by atoms with Gasteiger partial charge in [-0.15, -0.1) is 6.58 Å². The van der Waals surface area contributed by atoms with Gasteiger partial charge in [-0.1, -0.05) is 66.5 Å². The highest BCUT2D eigenvalue weighted by molar-refractivity contribution is 5.31. The lowest BCUT2D eigenvalue weighted by atomic mass is 9.57. The van der Waals surface area contributed by atoms with E-state index in [1.54, 1.807) is 5.57 Å². The molecule has 1 saturated heterocycles. The number of ether oxygens (including phenoxy) is 1. The summed E-state index contributed by atoms with van der Waals surface area (Å²) >= 11 is 0. The van der Waals surface area contributed by atoms with E-state index in [0.29, 0.717) is 23.0 Å². The van der Waals surface area contributed by atoms with Gasteiger partial charge in [-0.3, -0.25) is 0 Å². The van der Waals surface area contributed by atoms with E-state index in [-0.39, 0.29) is 0 Å². The molecule has 2 aliphatic carbocycles. The van der Waals surface area contributed by atoms with Gasteiger partial charge in [-0.05, 0) is 97.9 Å². The Bertz CT molecular complexity index is 620. The SMILES string of the molecule is C=CCCC(C)C(CCC)C1(C)CCC2C(CC1C)C1OC1/C(=C/C)C2(C)CCC. The van der Waals surface area contributed by atoms with Crippen molar-refractivity contribution in [3.05, 3.63) is 24.3 Å². The summed E-state index contributed by atoms with van der Waals surface area (Å²) < 4.78 is 6.39. The molecular formula is C29H50O. The van der Waals surface area contributed by atoms with Gasteiger partial charge in [0.2, 0.25) is 0 Å². The number of fused-ring (bicyclic) bond motifs is 3. The molecule has 30 heavy (non-hydrogen) atoms. The summed E-state index contributed by atoms with van der Waals surface area (Å²) in [6.07, 6.45) is 17.4. The molecule has 0 bridgehead atoms. The third-order valence-corrected chi connectivity index (χ3v) is 10.0. The van der Waals surface area contributed by atoms with Gasteiger partial charge in [0, 0.05) is 0 Å². The summed E-state index contributed by atoms with van der Waals surface area (Å²) in [5.74, 6) is 3.94. The summed E-state index contributed by atoms with van der Waals surface area (Å²) in [6.45, 7) is 21.4. The number of hydrogen-bond acceptors (Lipinski definition) is 1. The quantitative estimate of drug-likeness (QED) is 0.272. The summed E-state index contributed by atoms with van der Waals surface area (Å²) in [5.41, 5.74) is 2.42. The first-order valence-corrected chi connectivity index (χ1v) is 13.2. The van der Waals surface area contributed by atoms with Crippen LogP contribution < -0.4 is 0 Å². The average molecular weight is 415 g/mol. The smallest absolute Gasteiger partial charge is 0.106 e. The van der Waals surface area contributed by atoms with Gasteiger partial charge in [0.25, 0.3) is 0 Å². The summed E-state index contributed by atoms with van der Waals surface area (Å²) in [4.78, 5) is 0. The minimum absolute atomic E-state index is 0.339. The molecule has 0 spiro atoms. The van der Waals surface area contributed by atoms with Crippen molar-refractivity contribution in [2.75, 3.05) is 0 Å². The second-order valence-electron chi connectivity index (χ2n) is 11.6. The average Bonchev–Trinajstić information content (AvgIpc) is 3.50. The van der Waals surface area contributed by atoms with Crippen molar-refractivity contribution in [2.24, 2.45) is 40.4 Å². The molecule has 0 aromatic carbocycles. The van der Waals surface area contributed by atoms with Crippen LogP contribution in [-0.4, -0.2) is 12.2 Å². The van der Waals surface area contributed by atoms with Crippen LogP contribution in [0.15, 0.2) is 24.3 Å². The number of rotatable bonds is 9. The normalized spacial score (nSPS) is 44.0. The van der Waals surface area contributed by atoms with Gasteiger partial charge in [-0.25, -0.2) is 0 Å². The van der Waals surface area contributed by atoms with Crippen molar-refractivity contribution in [1.82, 2.24) is 0 Å². The monoisotopic (exact) mass is 414 g/mol. The lowest BCUT2D eigenvalue weighted by molar-refractivity contribution is 0.0399. The predicted molar refractivity (Wildman–Crippen MR) is 131 cm³/mol. The zero-order chi connectivity index (χ0) is 22.1. The summed E-state index contributed by atoms with van der Waals surface area (Å²) in [7, 11) is 0. The van der Waals surface area contributed by atoms with Gasteiger partial charge in [-0.2, -0.15) is 0 Å². The first kappa shape index (κ1) is 24.1. The predicted octanol–water partition coefficient (Wildman–Crippen LogP) is 8.60. The Morgan fingerprint density at radius 1 is 1.20 bits per heavy atom. The van der Waals surface area contributed by atoms with Gasteiger partial charge in [0.15, 0.2) is 0 Å². The maximum absolute atomic E-state index is 6.39. The van der Waals surface area contributed by atoms with Crippen LogP contribution >= 0.6 is 0 Å². The molecule has 2 saturated carbocycles. The molecule has 172 valence electrons. The molecule has 1 heterocycles. The molecule has 1 nitrogen and oxygen atoms in total. The fraction of sp³-hybridized carbons (Fsp3) is 0.862. The molecule has 0 aromatic rings. The minimum atomic E-state index is 0.339. The van der Waals surface area contributed by atoms with E-state index >= 15 is 0 Å².